The first kappa shape index (κ1) is 19.2. The summed E-state index contributed by atoms with van der Waals surface area (Å²) in [7, 11) is 0. The minimum absolute atomic E-state index is 0.137. The number of ether oxygens (including phenoxy) is 2. The van der Waals surface area contributed by atoms with Gasteiger partial charge in [-0.1, -0.05) is 32.0 Å². The van der Waals surface area contributed by atoms with E-state index < -0.39 is 6.10 Å². The van der Waals surface area contributed by atoms with Crippen LogP contribution < -0.4 is 14.8 Å². The Morgan fingerprint density at radius 1 is 1.22 bits per heavy atom. The highest BCUT2D eigenvalue weighted by molar-refractivity contribution is 5.81. The Labute approximate surface area is 159 Å². The molecule has 27 heavy (non-hydrogen) atoms. The van der Waals surface area contributed by atoms with Gasteiger partial charge in [0.25, 0.3) is 5.91 Å². The van der Waals surface area contributed by atoms with Crippen LogP contribution in [0.15, 0.2) is 48.5 Å². The van der Waals surface area contributed by atoms with Crippen LogP contribution in [0.4, 0.5) is 4.39 Å². The molecule has 0 aromatic heterocycles. The van der Waals surface area contributed by atoms with Gasteiger partial charge in [0.1, 0.15) is 22.9 Å². The molecule has 5 heteroatoms. The summed E-state index contributed by atoms with van der Waals surface area (Å²) in [6.07, 6.45) is 1.76. The number of para-hydroxylation sites is 1. The molecule has 0 aliphatic carbocycles. The van der Waals surface area contributed by atoms with Crippen molar-refractivity contribution in [2.24, 2.45) is 0 Å². The van der Waals surface area contributed by atoms with E-state index >= 15 is 0 Å². The van der Waals surface area contributed by atoms with Crippen LogP contribution in [0, 0.1) is 5.82 Å². The summed E-state index contributed by atoms with van der Waals surface area (Å²) in [5.41, 5.74) is 0.699. The van der Waals surface area contributed by atoms with Crippen molar-refractivity contribution in [2.75, 3.05) is 0 Å². The quantitative estimate of drug-likeness (QED) is 0.794. The molecule has 0 radical (unpaired) electrons. The predicted molar refractivity (Wildman–Crippen MR) is 102 cm³/mol. The van der Waals surface area contributed by atoms with Crippen LogP contribution in [0.5, 0.6) is 11.5 Å². The topological polar surface area (TPSA) is 47.6 Å². The van der Waals surface area contributed by atoms with Gasteiger partial charge in [-0.15, -0.1) is 0 Å². The van der Waals surface area contributed by atoms with Crippen LogP contribution in [-0.4, -0.2) is 17.6 Å². The molecule has 2 aromatic carbocycles. The largest absolute Gasteiger partial charge is 0.487 e. The highest BCUT2D eigenvalue weighted by atomic mass is 19.1. The van der Waals surface area contributed by atoms with Crippen molar-refractivity contribution in [3.05, 3.63) is 59.9 Å². The van der Waals surface area contributed by atoms with Crippen molar-refractivity contribution in [2.45, 2.75) is 57.8 Å². The van der Waals surface area contributed by atoms with Crippen molar-refractivity contribution < 1.29 is 18.7 Å². The number of carbonyl (C=O) groups is 1. The maximum Gasteiger partial charge on any atom is 0.261 e. The molecule has 1 aliphatic heterocycles. The van der Waals surface area contributed by atoms with Gasteiger partial charge in [-0.2, -0.15) is 0 Å². The summed E-state index contributed by atoms with van der Waals surface area (Å²) in [5.74, 6) is 0.739. The number of hydrogen-bond donors (Lipinski definition) is 1. The lowest BCUT2D eigenvalue weighted by Gasteiger charge is -2.41. The number of carbonyl (C=O) groups excluding carboxylic acids is 1. The van der Waals surface area contributed by atoms with Gasteiger partial charge in [0, 0.05) is 12.0 Å². The summed E-state index contributed by atoms with van der Waals surface area (Å²) >= 11 is 0. The molecule has 3 rings (SSSR count). The van der Waals surface area contributed by atoms with E-state index in [1.807, 2.05) is 24.3 Å². The number of fused-ring (bicyclic) bond motifs is 1. The van der Waals surface area contributed by atoms with Crippen molar-refractivity contribution in [1.82, 2.24) is 5.32 Å². The van der Waals surface area contributed by atoms with Crippen molar-refractivity contribution >= 4 is 5.91 Å². The summed E-state index contributed by atoms with van der Waals surface area (Å²) in [6.45, 7) is 5.91. The molecule has 0 bridgehead atoms. The molecule has 144 valence electrons. The lowest BCUT2D eigenvalue weighted by Crippen LogP contribution is -2.46. The van der Waals surface area contributed by atoms with E-state index in [0.717, 1.165) is 24.2 Å². The van der Waals surface area contributed by atoms with E-state index in [1.165, 1.54) is 24.3 Å². The molecule has 0 saturated heterocycles. The highest BCUT2D eigenvalue weighted by Crippen LogP contribution is 2.42. The van der Waals surface area contributed by atoms with Crippen LogP contribution >= 0.6 is 0 Å². The fourth-order valence-corrected chi connectivity index (χ4v) is 3.49. The molecule has 1 amide bonds. The Kier molecular flexibility index (Phi) is 5.68. The van der Waals surface area contributed by atoms with Crippen LogP contribution in [0.25, 0.3) is 0 Å². The Hall–Kier alpha value is -2.56. The molecule has 1 heterocycles. The average molecular weight is 371 g/mol. The third kappa shape index (κ3) is 4.24. The van der Waals surface area contributed by atoms with Crippen LogP contribution in [0.1, 0.15) is 51.6 Å². The summed E-state index contributed by atoms with van der Waals surface area (Å²) in [5, 5.41) is 3.11. The number of nitrogens with one attached hydrogen (secondary N) is 1. The van der Waals surface area contributed by atoms with Gasteiger partial charge in [0.05, 0.1) is 6.04 Å². The zero-order chi connectivity index (χ0) is 19.4. The predicted octanol–water partition coefficient (Wildman–Crippen LogP) is 4.79. The molecule has 1 N–H and O–H groups in total. The van der Waals surface area contributed by atoms with Gasteiger partial charge in [0.2, 0.25) is 0 Å². The molecule has 2 atom stereocenters. The summed E-state index contributed by atoms with van der Waals surface area (Å²) in [4.78, 5) is 12.7. The second kappa shape index (κ2) is 7.99. The SMILES string of the molecule is CCC1(CC)C[C@@H](NC(=O)[C@H](C)Oc2ccc(F)cc2)c2ccccc2O1. The second-order valence-electron chi connectivity index (χ2n) is 7.01. The number of rotatable bonds is 6. The smallest absolute Gasteiger partial charge is 0.261 e. The van der Waals surface area contributed by atoms with E-state index in [1.54, 1.807) is 6.92 Å². The van der Waals surface area contributed by atoms with Gasteiger partial charge < -0.3 is 14.8 Å². The van der Waals surface area contributed by atoms with E-state index in [0.29, 0.717) is 12.2 Å². The van der Waals surface area contributed by atoms with Crippen molar-refractivity contribution in [1.29, 1.82) is 0 Å². The maximum atomic E-state index is 13.0. The fraction of sp³-hybridized carbons (Fsp3) is 0.409. The van der Waals surface area contributed by atoms with Gasteiger partial charge in [-0.25, -0.2) is 4.39 Å². The number of amides is 1. The van der Waals surface area contributed by atoms with E-state index in [2.05, 4.69) is 19.2 Å². The molecule has 0 spiro atoms. The number of benzene rings is 2. The van der Waals surface area contributed by atoms with Gasteiger partial charge in [-0.3, -0.25) is 4.79 Å². The Balaban J connectivity index is 1.74. The summed E-state index contributed by atoms with van der Waals surface area (Å²) in [6, 6.07) is 13.3. The lowest BCUT2D eigenvalue weighted by atomic mass is 9.83. The molecule has 0 fully saturated rings. The molecule has 4 nitrogen and oxygen atoms in total. The van der Waals surface area contributed by atoms with Crippen LogP contribution in [0.3, 0.4) is 0 Å². The van der Waals surface area contributed by atoms with Gasteiger partial charge in [0.15, 0.2) is 6.10 Å². The Bertz CT molecular complexity index is 786. The van der Waals surface area contributed by atoms with Crippen LogP contribution in [-0.2, 0) is 4.79 Å². The minimum Gasteiger partial charge on any atom is -0.487 e. The molecule has 1 aliphatic rings. The zero-order valence-electron chi connectivity index (χ0n) is 16.0. The minimum atomic E-state index is -0.692. The van der Waals surface area contributed by atoms with Gasteiger partial charge >= 0.3 is 0 Å². The third-order valence-corrected chi connectivity index (χ3v) is 5.30. The maximum absolute atomic E-state index is 13.0. The molecule has 2 aromatic rings. The molecular weight excluding hydrogens is 345 g/mol. The fourth-order valence-electron chi connectivity index (χ4n) is 3.49. The third-order valence-electron chi connectivity index (χ3n) is 5.30. The molecule has 0 unspecified atom stereocenters. The first-order chi connectivity index (χ1) is 13.0. The van der Waals surface area contributed by atoms with E-state index in [-0.39, 0.29) is 23.4 Å². The first-order valence-electron chi connectivity index (χ1n) is 9.47. The summed E-state index contributed by atoms with van der Waals surface area (Å²) < 4.78 is 25.0. The molecule has 0 saturated carbocycles. The zero-order valence-corrected chi connectivity index (χ0v) is 16.0. The van der Waals surface area contributed by atoms with Crippen molar-refractivity contribution in [3.8, 4) is 11.5 Å². The monoisotopic (exact) mass is 371 g/mol. The number of hydrogen-bond acceptors (Lipinski definition) is 3. The Morgan fingerprint density at radius 2 is 1.89 bits per heavy atom. The molecular formula is C22H26FNO3. The Morgan fingerprint density at radius 3 is 2.56 bits per heavy atom. The second-order valence-corrected chi connectivity index (χ2v) is 7.01. The lowest BCUT2D eigenvalue weighted by molar-refractivity contribution is -0.128. The number of halogens is 1. The van der Waals surface area contributed by atoms with Gasteiger partial charge in [-0.05, 0) is 50.1 Å². The highest BCUT2D eigenvalue weighted by Gasteiger charge is 2.39. The first-order valence-corrected chi connectivity index (χ1v) is 9.47. The van der Waals surface area contributed by atoms with Crippen LogP contribution in [0.2, 0.25) is 0 Å². The van der Waals surface area contributed by atoms with Crippen molar-refractivity contribution in [3.63, 3.8) is 0 Å². The normalized spacial score (nSPS) is 18.7. The van der Waals surface area contributed by atoms with E-state index in [9.17, 15) is 9.18 Å². The standard InChI is InChI=1S/C22H26FNO3/c1-4-22(5-2)14-19(18-8-6-7-9-20(18)27-22)24-21(25)15(3)26-17-12-10-16(23)11-13-17/h6-13,15,19H,4-5,14H2,1-3H3,(H,24,25)/t15-,19+/m0/s1. The van der Waals surface area contributed by atoms with E-state index in [4.69, 9.17) is 9.47 Å². The average Bonchev–Trinajstić information content (AvgIpc) is 2.69.